The molecule has 0 bridgehead atoms. The van der Waals surface area contributed by atoms with Gasteiger partial charge in [0.2, 0.25) is 5.79 Å². The highest BCUT2D eigenvalue weighted by molar-refractivity contribution is 14.1. The van der Waals surface area contributed by atoms with Gasteiger partial charge in [0.25, 0.3) is 0 Å². The summed E-state index contributed by atoms with van der Waals surface area (Å²) in [5, 5.41) is 0.685. The first kappa shape index (κ1) is 13.8. The summed E-state index contributed by atoms with van der Waals surface area (Å²) in [4.78, 5) is 0. The van der Waals surface area contributed by atoms with E-state index in [1.54, 1.807) is 26.4 Å². The molecule has 1 rings (SSSR count). The Hall–Kier alpha value is -0.280. The maximum Gasteiger partial charge on any atom is 0.205 e. The maximum atomic E-state index is 5.84. The third kappa shape index (κ3) is 3.11. The molecule has 0 atom stereocenters. The van der Waals surface area contributed by atoms with E-state index >= 15 is 0 Å². The van der Waals surface area contributed by atoms with Crippen molar-refractivity contribution in [1.82, 2.24) is 0 Å². The van der Waals surface area contributed by atoms with Crippen LogP contribution in [0.4, 0.5) is 0 Å². The Morgan fingerprint density at radius 2 is 1.81 bits per heavy atom. The third-order valence-corrected chi connectivity index (χ3v) is 2.96. The smallest absolute Gasteiger partial charge is 0.205 e. The van der Waals surface area contributed by atoms with Crippen molar-refractivity contribution in [2.75, 3.05) is 14.2 Å². The molecule has 0 aromatic heterocycles. The molecule has 0 amide bonds. The summed E-state index contributed by atoms with van der Waals surface area (Å²) in [6.07, 6.45) is 0.477. The van der Waals surface area contributed by atoms with E-state index in [1.807, 2.05) is 34.7 Å². The fraction of sp³-hybridized carbons (Fsp3) is 0.333. The molecule has 1 aromatic rings. The van der Waals surface area contributed by atoms with Crippen molar-refractivity contribution < 1.29 is 9.47 Å². The van der Waals surface area contributed by atoms with E-state index in [-0.39, 0.29) is 0 Å². The molecule has 0 unspecified atom stereocenters. The monoisotopic (exact) mass is 350 g/mol. The second kappa shape index (κ2) is 6.45. The van der Waals surface area contributed by atoms with Crippen LogP contribution in [0.25, 0.3) is 0 Å². The van der Waals surface area contributed by atoms with Crippen LogP contribution in [0.2, 0.25) is 5.02 Å². The number of rotatable bonds is 4. The lowest BCUT2D eigenvalue weighted by Gasteiger charge is -2.29. The topological polar surface area (TPSA) is 18.5 Å². The molecule has 0 saturated heterocycles. The van der Waals surface area contributed by atoms with Crippen LogP contribution >= 0.6 is 34.2 Å². The summed E-state index contributed by atoms with van der Waals surface area (Å²) >= 11 is 7.83. The molecule has 4 heteroatoms. The Morgan fingerprint density at radius 3 is 2.25 bits per heavy atom. The molecule has 0 heterocycles. The van der Waals surface area contributed by atoms with Crippen LogP contribution < -0.4 is 0 Å². The molecule has 1 aromatic carbocycles. The molecule has 0 fully saturated rings. The lowest BCUT2D eigenvalue weighted by atomic mass is 10.0. The summed E-state index contributed by atoms with van der Waals surface area (Å²) in [7, 11) is 3.21. The highest BCUT2D eigenvalue weighted by Gasteiger charge is 2.31. The molecule has 0 radical (unpaired) electrons. The average Bonchev–Trinajstić information content (AvgIpc) is 2.33. The SMILES string of the molecule is COC(CC#CI)(OC)c1ccc(Cl)cc1. The van der Waals surface area contributed by atoms with Gasteiger partial charge in [-0.1, -0.05) is 29.7 Å². The largest absolute Gasteiger partial charge is 0.348 e. The van der Waals surface area contributed by atoms with Gasteiger partial charge in [-0.15, -0.1) is 0 Å². The number of benzene rings is 1. The normalized spacial score (nSPS) is 10.8. The van der Waals surface area contributed by atoms with Crippen LogP contribution in [0.3, 0.4) is 0 Å². The van der Waals surface area contributed by atoms with Crippen molar-refractivity contribution in [2.45, 2.75) is 12.2 Å². The van der Waals surface area contributed by atoms with Crippen LogP contribution in [0.15, 0.2) is 24.3 Å². The average molecular weight is 351 g/mol. The van der Waals surface area contributed by atoms with E-state index in [2.05, 4.69) is 9.85 Å². The predicted molar refractivity (Wildman–Crippen MR) is 73.6 cm³/mol. The molecule has 0 aliphatic carbocycles. The van der Waals surface area contributed by atoms with Gasteiger partial charge in [0, 0.05) is 47.4 Å². The van der Waals surface area contributed by atoms with Gasteiger partial charge < -0.3 is 9.47 Å². The van der Waals surface area contributed by atoms with Gasteiger partial charge in [-0.05, 0) is 16.1 Å². The molecule has 0 saturated carbocycles. The zero-order valence-corrected chi connectivity index (χ0v) is 12.0. The lowest BCUT2D eigenvalue weighted by molar-refractivity contribution is -0.211. The van der Waals surface area contributed by atoms with Crippen LogP contribution in [-0.4, -0.2) is 14.2 Å². The Morgan fingerprint density at radius 1 is 1.25 bits per heavy atom. The van der Waals surface area contributed by atoms with E-state index < -0.39 is 5.79 Å². The zero-order valence-electron chi connectivity index (χ0n) is 9.09. The summed E-state index contributed by atoms with van der Waals surface area (Å²) in [5.74, 6) is 2.14. The van der Waals surface area contributed by atoms with Crippen molar-refractivity contribution in [1.29, 1.82) is 0 Å². The highest BCUT2D eigenvalue weighted by Crippen LogP contribution is 2.30. The Bertz CT molecular complexity index is 388. The van der Waals surface area contributed by atoms with Gasteiger partial charge in [-0.2, -0.15) is 0 Å². The second-order valence-corrected chi connectivity index (χ2v) is 4.09. The molecule has 0 N–H and O–H groups in total. The molecule has 86 valence electrons. The van der Waals surface area contributed by atoms with Crippen LogP contribution in [0.5, 0.6) is 0 Å². The standard InChI is InChI=1S/C12H12ClIO2/c1-15-12(16-2,8-3-9-14)10-4-6-11(13)7-5-10/h4-7H,8H2,1-2H3. The summed E-state index contributed by atoms with van der Waals surface area (Å²) < 4.78 is 13.7. The van der Waals surface area contributed by atoms with E-state index in [0.29, 0.717) is 11.4 Å². The molecule has 0 aliphatic heterocycles. The first-order chi connectivity index (χ1) is 7.68. The first-order valence-corrected chi connectivity index (χ1v) is 6.09. The molecule has 0 aliphatic rings. The highest BCUT2D eigenvalue weighted by atomic mass is 127. The summed E-state index contributed by atoms with van der Waals surface area (Å²) in [5.41, 5.74) is 0.904. The van der Waals surface area contributed by atoms with Crippen LogP contribution in [0.1, 0.15) is 12.0 Å². The minimum atomic E-state index is -0.817. The van der Waals surface area contributed by atoms with Gasteiger partial charge in [-0.3, -0.25) is 0 Å². The molecule has 0 spiro atoms. The fourth-order valence-electron chi connectivity index (χ4n) is 1.42. The van der Waals surface area contributed by atoms with Gasteiger partial charge in [0.05, 0.1) is 6.42 Å². The van der Waals surface area contributed by atoms with Crippen LogP contribution in [-0.2, 0) is 15.3 Å². The van der Waals surface area contributed by atoms with Gasteiger partial charge in [0.15, 0.2) is 0 Å². The van der Waals surface area contributed by atoms with E-state index in [4.69, 9.17) is 21.1 Å². The van der Waals surface area contributed by atoms with Crippen molar-refractivity contribution >= 4 is 34.2 Å². The van der Waals surface area contributed by atoms with Crippen LogP contribution in [0, 0.1) is 9.85 Å². The van der Waals surface area contributed by atoms with Crippen molar-refractivity contribution in [2.24, 2.45) is 0 Å². The number of hydrogen-bond donors (Lipinski definition) is 0. The summed E-state index contributed by atoms with van der Waals surface area (Å²) in [6, 6.07) is 7.37. The Labute approximate surface area is 114 Å². The zero-order chi connectivity index (χ0) is 12.0. The number of ether oxygens (including phenoxy) is 2. The van der Waals surface area contributed by atoms with Crippen molar-refractivity contribution in [3.8, 4) is 9.85 Å². The van der Waals surface area contributed by atoms with E-state index in [1.165, 1.54) is 0 Å². The molecular formula is C12H12ClIO2. The van der Waals surface area contributed by atoms with Crippen molar-refractivity contribution in [3.05, 3.63) is 34.9 Å². The van der Waals surface area contributed by atoms with Gasteiger partial charge in [-0.25, -0.2) is 0 Å². The quantitative estimate of drug-likeness (QED) is 0.469. The van der Waals surface area contributed by atoms with E-state index in [0.717, 1.165) is 5.56 Å². The van der Waals surface area contributed by atoms with Gasteiger partial charge in [0.1, 0.15) is 0 Å². The number of halogens is 2. The first-order valence-electron chi connectivity index (χ1n) is 4.63. The number of methoxy groups -OCH3 is 2. The third-order valence-electron chi connectivity index (χ3n) is 2.33. The van der Waals surface area contributed by atoms with Gasteiger partial charge >= 0.3 is 0 Å². The molecule has 16 heavy (non-hydrogen) atoms. The van der Waals surface area contributed by atoms with Crippen molar-refractivity contribution in [3.63, 3.8) is 0 Å². The Kier molecular flexibility index (Phi) is 5.56. The molecular weight excluding hydrogens is 338 g/mol. The maximum absolute atomic E-state index is 5.84. The second-order valence-electron chi connectivity index (χ2n) is 3.12. The minimum Gasteiger partial charge on any atom is -0.348 e. The Balaban J connectivity index is 3.07. The number of hydrogen-bond acceptors (Lipinski definition) is 2. The fourth-order valence-corrected chi connectivity index (χ4v) is 1.74. The summed E-state index contributed by atoms with van der Waals surface area (Å²) in [6.45, 7) is 0. The van der Waals surface area contributed by atoms with E-state index in [9.17, 15) is 0 Å². The lowest BCUT2D eigenvalue weighted by Crippen LogP contribution is -2.30. The predicted octanol–water partition coefficient (Wildman–Crippen LogP) is 3.57. The minimum absolute atomic E-state index is 0.477. The molecule has 2 nitrogen and oxygen atoms in total.